The molecule has 0 amide bonds. The van der Waals surface area contributed by atoms with Crippen molar-refractivity contribution in [3.05, 3.63) is 0 Å². The minimum absolute atomic E-state index is 1.37. The highest BCUT2D eigenvalue weighted by Gasteiger charge is 1.41. The van der Waals surface area contributed by atoms with Gasteiger partial charge < -0.3 is 0 Å². The summed E-state index contributed by atoms with van der Waals surface area (Å²) in [6.07, 6.45) is 0. The SMILES string of the molecule is C[CH2][AlH2].C[CH2][AlH2]. The minimum Gasteiger partial charge on any atom is -0.104 e. The highest BCUT2D eigenvalue weighted by Crippen LogP contribution is 1.49. The lowest BCUT2D eigenvalue weighted by molar-refractivity contribution is 1.48. The van der Waals surface area contributed by atoms with Crippen LogP contribution in [0.25, 0.3) is 0 Å². The molecular weight excluding hydrogens is 102 g/mol. The summed E-state index contributed by atoms with van der Waals surface area (Å²) < 4.78 is 0. The Morgan fingerprint density at radius 2 is 1.00 bits per heavy atom. The van der Waals surface area contributed by atoms with Gasteiger partial charge in [0, 0.05) is 0 Å². The molecule has 0 aliphatic carbocycles. The summed E-state index contributed by atoms with van der Waals surface area (Å²) >= 11 is 2.74. The van der Waals surface area contributed by atoms with E-state index in [1.807, 2.05) is 0 Å². The molecule has 0 aliphatic heterocycles. The standard InChI is InChI=1S/2C2H5.2Al.4H/c2*1-2;;;;;;/h2*1H2,2H3;;;;;;. The van der Waals surface area contributed by atoms with Crippen LogP contribution in [-0.4, -0.2) is 32.6 Å². The second-order valence-corrected chi connectivity index (χ2v) is 4.24. The van der Waals surface area contributed by atoms with E-state index in [-0.39, 0.29) is 0 Å². The van der Waals surface area contributed by atoms with Gasteiger partial charge in [0.1, 0.15) is 0 Å². The van der Waals surface area contributed by atoms with Crippen LogP contribution in [0.15, 0.2) is 0 Å². The molecule has 0 heterocycles. The van der Waals surface area contributed by atoms with Gasteiger partial charge in [-0.15, -0.1) is 10.6 Å². The van der Waals surface area contributed by atoms with Gasteiger partial charge in [0.15, 0.2) is 0 Å². The molecule has 0 aromatic heterocycles. The third-order valence-electron chi connectivity index (χ3n) is 0. The molecule has 0 unspecified atom stereocenters. The van der Waals surface area contributed by atoms with E-state index in [0.717, 1.165) is 0 Å². The molecule has 0 bridgehead atoms. The fraction of sp³-hybridized carbons (Fsp3) is 1.00. The van der Waals surface area contributed by atoms with Crippen LogP contribution in [0.3, 0.4) is 0 Å². The van der Waals surface area contributed by atoms with E-state index >= 15 is 0 Å². The fourth-order valence-electron chi connectivity index (χ4n) is 0. The van der Waals surface area contributed by atoms with E-state index in [1.165, 1.54) is 43.1 Å². The van der Waals surface area contributed by atoms with Crippen LogP contribution < -0.4 is 0 Å². The first-order chi connectivity index (χ1) is 2.83. The zero-order valence-corrected chi connectivity index (χ0v) is 9.41. The lowest BCUT2D eigenvalue weighted by atomic mass is 11.0. The van der Waals surface area contributed by atoms with E-state index in [9.17, 15) is 0 Å². The molecule has 0 fully saturated rings. The minimum atomic E-state index is 1.37. The van der Waals surface area contributed by atoms with Crippen molar-refractivity contribution in [2.75, 3.05) is 0 Å². The van der Waals surface area contributed by atoms with Gasteiger partial charge in [-0.05, 0) is 0 Å². The first-order valence-corrected chi connectivity index (χ1v) is 5.66. The Kier molecular flexibility index (Phi) is 28.0. The quantitative estimate of drug-likeness (QED) is 0.394. The molecule has 0 saturated carbocycles. The molecule has 2 heteroatoms. The molecule has 0 nitrogen and oxygen atoms in total. The maximum absolute atomic E-state index is 2.19. The molecule has 6 heavy (non-hydrogen) atoms. The zero-order valence-electron chi connectivity index (χ0n) is 5.41. The summed E-state index contributed by atoms with van der Waals surface area (Å²) in [6.45, 7) is 4.37. The van der Waals surface area contributed by atoms with Gasteiger partial charge in [-0.25, -0.2) is 0 Å². The van der Waals surface area contributed by atoms with Gasteiger partial charge in [0.05, 0.1) is 0 Å². The molecule has 0 radical (unpaired) electrons. The highest BCUT2D eigenvalue weighted by molar-refractivity contribution is 6.08. The Balaban J connectivity index is 0. The molecule has 0 aromatic carbocycles. The third kappa shape index (κ3) is 73.8. The van der Waals surface area contributed by atoms with Gasteiger partial charge in [-0.2, -0.15) is 0 Å². The van der Waals surface area contributed by atoms with Crippen molar-refractivity contribution < 1.29 is 0 Å². The lowest BCUT2D eigenvalue weighted by Crippen LogP contribution is -1.41. The van der Waals surface area contributed by atoms with Crippen molar-refractivity contribution in [1.29, 1.82) is 0 Å². The Morgan fingerprint density at radius 3 is 1.00 bits per heavy atom. The first-order valence-electron chi connectivity index (χ1n) is 2.83. The molecule has 0 N–H and O–H groups in total. The van der Waals surface area contributed by atoms with Crippen LogP contribution in [0.2, 0.25) is 10.6 Å². The van der Waals surface area contributed by atoms with Crippen LogP contribution >= 0.6 is 0 Å². The predicted molar refractivity (Wildman–Crippen MR) is 38.1 cm³/mol. The maximum Gasteiger partial charge on any atom is 0.211 e. The van der Waals surface area contributed by atoms with Gasteiger partial charge in [0.2, 0.25) is 32.6 Å². The average molecular weight is 116 g/mol. The third-order valence-corrected chi connectivity index (χ3v) is 0. The zero-order chi connectivity index (χ0) is 5.41. The molecule has 0 spiro atoms. The summed E-state index contributed by atoms with van der Waals surface area (Å²) in [7, 11) is 0. The van der Waals surface area contributed by atoms with Crippen molar-refractivity contribution in [3.63, 3.8) is 0 Å². The van der Waals surface area contributed by atoms with Crippen LogP contribution in [0.1, 0.15) is 13.8 Å². The van der Waals surface area contributed by atoms with Crippen LogP contribution in [0, 0.1) is 0 Å². The smallest absolute Gasteiger partial charge is 0.104 e. The maximum atomic E-state index is 2.19. The topological polar surface area (TPSA) is 0 Å². The Bertz CT molecular complexity index is 7.51. The molecule has 0 saturated heterocycles. The number of hydrogen-bond acceptors (Lipinski definition) is 0. The van der Waals surface area contributed by atoms with E-state index in [0.29, 0.717) is 0 Å². The van der Waals surface area contributed by atoms with E-state index in [4.69, 9.17) is 0 Å². The van der Waals surface area contributed by atoms with Gasteiger partial charge in [-0.3, -0.25) is 0 Å². The average Bonchev–Trinajstić information content (AvgIpc) is 1.39. The summed E-state index contributed by atoms with van der Waals surface area (Å²) in [5.41, 5.74) is 0. The van der Waals surface area contributed by atoms with Crippen LogP contribution in [-0.2, 0) is 0 Å². The molecule has 36 valence electrons. The molecular formula is C4H14Al2. The second kappa shape index (κ2) is 16.6. The highest BCUT2D eigenvalue weighted by atomic mass is 27.0. The van der Waals surface area contributed by atoms with E-state index < -0.39 is 0 Å². The van der Waals surface area contributed by atoms with Crippen molar-refractivity contribution in [2.45, 2.75) is 24.4 Å². The first kappa shape index (κ1) is 10.1. The second-order valence-electron chi connectivity index (χ2n) is 1.41. The van der Waals surface area contributed by atoms with Gasteiger partial charge in [0.25, 0.3) is 0 Å². The number of rotatable bonds is 0. The van der Waals surface area contributed by atoms with Crippen molar-refractivity contribution in [2.24, 2.45) is 0 Å². The molecule has 0 rings (SSSR count). The Hall–Kier alpha value is 1.06. The van der Waals surface area contributed by atoms with E-state index in [1.54, 1.807) is 0 Å². The predicted octanol–water partition coefficient (Wildman–Crippen LogP) is 0.115. The Labute approximate surface area is 57.2 Å². The van der Waals surface area contributed by atoms with Crippen LogP contribution in [0.5, 0.6) is 0 Å². The van der Waals surface area contributed by atoms with Gasteiger partial charge in [-0.1, -0.05) is 13.8 Å². The molecule has 0 aliphatic rings. The van der Waals surface area contributed by atoms with Crippen molar-refractivity contribution in [1.82, 2.24) is 0 Å². The Morgan fingerprint density at radius 1 is 1.00 bits per heavy atom. The monoisotopic (exact) mass is 116 g/mol. The summed E-state index contributed by atoms with van der Waals surface area (Å²) in [5.74, 6) is 0. The molecule has 0 atom stereocenters. The largest absolute Gasteiger partial charge is 0.211 e. The normalized spacial score (nSPS) is 5.67. The van der Waals surface area contributed by atoms with E-state index in [2.05, 4.69) is 13.8 Å². The summed E-state index contributed by atoms with van der Waals surface area (Å²) in [6, 6.07) is 0. The van der Waals surface area contributed by atoms with Crippen LogP contribution in [0.4, 0.5) is 0 Å². The summed E-state index contributed by atoms with van der Waals surface area (Å²) in [5, 5.41) is 2.78. The molecule has 0 aromatic rings. The summed E-state index contributed by atoms with van der Waals surface area (Å²) in [4.78, 5) is 0. The fourth-order valence-corrected chi connectivity index (χ4v) is 0. The lowest BCUT2D eigenvalue weighted by Gasteiger charge is -1.44. The van der Waals surface area contributed by atoms with Crippen molar-refractivity contribution >= 4 is 32.6 Å². The van der Waals surface area contributed by atoms with Crippen molar-refractivity contribution in [3.8, 4) is 0 Å². The van der Waals surface area contributed by atoms with Gasteiger partial charge >= 0.3 is 0 Å². The number of hydrogen-bond donors (Lipinski definition) is 0.